The minimum absolute atomic E-state index is 0.354. The zero-order chi connectivity index (χ0) is 19.1. The van der Waals surface area contributed by atoms with Crippen molar-refractivity contribution in [3.63, 3.8) is 0 Å². The van der Waals surface area contributed by atoms with Crippen LogP contribution in [0.25, 0.3) is 11.1 Å². The molecule has 0 radical (unpaired) electrons. The first kappa shape index (κ1) is 19.6. The van der Waals surface area contributed by atoms with Gasteiger partial charge in [0.05, 0.1) is 6.10 Å². The summed E-state index contributed by atoms with van der Waals surface area (Å²) in [5, 5.41) is 20.7. The second-order valence-electron chi connectivity index (χ2n) is 6.19. The fourth-order valence-electron chi connectivity index (χ4n) is 2.67. The van der Waals surface area contributed by atoms with E-state index < -0.39 is 24.0 Å². The van der Waals surface area contributed by atoms with Crippen LogP contribution in [0.4, 0.5) is 0 Å². The zero-order valence-corrected chi connectivity index (χ0v) is 14.9. The first-order chi connectivity index (χ1) is 12.5. The molecule has 0 aliphatic carbocycles. The number of hydroxylamine groups is 1. The molecule has 0 aliphatic rings. The Morgan fingerprint density at radius 3 is 2.00 bits per heavy atom. The van der Waals surface area contributed by atoms with Gasteiger partial charge >= 0.3 is 0 Å². The average molecular weight is 356 g/mol. The predicted octanol–water partition coefficient (Wildman–Crippen LogP) is 2.29. The van der Waals surface area contributed by atoms with Gasteiger partial charge in [-0.3, -0.25) is 14.8 Å². The molecule has 0 spiro atoms. The molecule has 0 saturated carbocycles. The van der Waals surface area contributed by atoms with Crippen molar-refractivity contribution in [1.82, 2.24) is 10.8 Å². The Morgan fingerprint density at radius 1 is 1.00 bits per heavy atom. The molecule has 26 heavy (non-hydrogen) atoms. The van der Waals surface area contributed by atoms with Gasteiger partial charge in [-0.25, -0.2) is 5.48 Å². The number of aryl methyl sites for hydroxylation is 1. The van der Waals surface area contributed by atoms with E-state index in [1.807, 2.05) is 12.1 Å². The number of nitrogens with one attached hydrogen (secondary N) is 2. The van der Waals surface area contributed by atoms with Crippen LogP contribution in [0.1, 0.15) is 36.2 Å². The molecule has 0 aliphatic heterocycles. The lowest BCUT2D eigenvalue weighted by atomic mass is 10.0. The SMILES string of the molecule is CCCc1ccc(-c2ccc(C(=O)N[C@@H](C(=O)NO)[C@H](C)O)cc2)cc1. The van der Waals surface area contributed by atoms with E-state index in [0.29, 0.717) is 5.56 Å². The molecule has 2 rings (SSSR count). The summed E-state index contributed by atoms with van der Waals surface area (Å²) in [6.45, 7) is 3.50. The zero-order valence-electron chi connectivity index (χ0n) is 14.9. The minimum Gasteiger partial charge on any atom is -0.391 e. The van der Waals surface area contributed by atoms with Gasteiger partial charge in [-0.1, -0.05) is 49.7 Å². The molecule has 0 aromatic heterocycles. The molecule has 0 bridgehead atoms. The summed E-state index contributed by atoms with van der Waals surface area (Å²) < 4.78 is 0. The summed E-state index contributed by atoms with van der Waals surface area (Å²) in [5.74, 6) is -1.39. The third-order valence-electron chi connectivity index (χ3n) is 4.13. The van der Waals surface area contributed by atoms with Crippen molar-refractivity contribution < 1.29 is 19.9 Å². The molecule has 2 aromatic carbocycles. The van der Waals surface area contributed by atoms with Crippen molar-refractivity contribution in [2.24, 2.45) is 0 Å². The number of aliphatic hydroxyl groups is 1. The lowest BCUT2D eigenvalue weighted by Gasteiger charge is -2.19. The highest BCUT2D eigenvalue weighted by molar-refractivity contribution is 5.97. The minimum atomic E-state index is -1.24. The largest absolute Gasteiger partial charge is 0.391 e. The van der Waals surface area contributed by atoms with Crippen molar-refractivity contribution in [1.29, 1.82) is 0 Å². The smallest absolute Gasteiger partial charge is 0.268 e. The van der Waals surface area contributed by atoms with Gasteiger partial charge in [-0.05, 0) is 42.2 Å². The summed E-state index contributed by atoms with van der Waals surface area (Å²) in [6, 6.07) is 14.0. The molecule has 4 N–H and O–H groups in total. The lowest BCUT2D eigenvalue weighted by Crippen LogP contribution is -2.51. The van der Waals surface area contributed by atoms with Gasteiger partial charge in [-0.2, -0.15) is 0 Å². The van der Waals surface area contributed by atoms with Crippen LogP contribution in [-0.4, -0.2) is 34.3 Å². The summed E-state index contributed by atoms with van der Waals surface area (Å²) in [4.78, 5) is 23.8. The number of hydrogen-bond donors (Lipinski definition) is 4. The summed E-state index contributed by atoms with van der Waals surface area (Å²) in [6.07, 6.45) is 1.00. The Labute approximate surface area is 152 Å². The fourth-order valence-corrected chi connectivity index (χ4v) is 2.67. The lowest BCUT2D eigenvalue weighted by molar-refractivity contribution is -0.133. The van der Waals surface area contributed by atoms with Crippen LogP contribution in [0.5, 0.6) is 0 Å². The van der Waals surface area contributed by atoms with Crippen LogP contribution in [0, 0.1) is 0 Å². The molecule has 2 aromatic rings. The molecule has 0 saturated heterocycles. The van der Waals surface area contributed by atoms with Crippen molar-refractivity contribution in [3.8, 4) is 11.1 Å². The van der Waals surface area contributed by atoms with Crippen LogP contribution in [0.3, 0.4) is 0 Å². The molecule has 0 fully saturated rings. The summed E-state index contributed by atoms with van der Waals surface area (Å²) in [5.41, 5.74) is 5.11. The van der Waals surface area contributed by atoms with Crippen LogP contribution < -0.4 is 10.8 Å². The van der Waals surface area contributed by atoms with Gasteiger partial charge < -0.3 is 10.4 Å². The van der Waals surface area contributed by atoms with Crippen LogP contribution in [0.2, 0.25) is 0 Å². The highest BCUT2D eigenvalue weighted by atomic mass is 16.5. The summed E-state index contributed by atoms with van der Waals surface area (Å²) in [7, 11) is 0. The maximum atomic E-state index is 12.3. The quantitative estimate of drug-likeness (QED) is 0.452. The maximum Gasteiger partial charge on any atom is 0.268 e. The highest BCUT2D eigenvalue weighted by Crippen LogP contribution is 2.21. The third-order valence-corrected chi connectivity index (χ3v) is 4.13. The number of carbonyl (C=O) groups excluding carboxylic acids is 2. The van der Waals surface area contributed by atoms with Crippen LogP contribution >= 0.6 is 0 Å². The van der Waals surface area contributed by atoms with Crippen LogP contribution in [0.15, 0.2) is 48.5 Å². The van der Waals surface area contributed by atoms with Crippen molar-refractivity contribution in [3.05, 3.63) is 59.7 Å². The number of hydrogen-bond acceptors (Lipinski definition) is 4. The maximum absolute atomic E-state index is 12.3. The molecule has 138 valence electrons. The summed E-state index contributed by atoms with van der Waals surface area (Å²) >= 11 is 0. The van der Waals surface area contributed by atoms with E-state index in [4.69, 9.17) is 5.21 Å². The second-order valence-corrected chi connectivity index (χ2v) is 6.19. The predicted molar refractivity (Wildman–Crippen MR) is 98.7 cm³/mol. The van der Waals surface area contributed by atoms with Gasteiger partial charge in [0.25, 0.3) is 11.8 Å². The van der Waals surface area contributed by atoms with Gasteiger partial charge in [0, 0.05) is 5.56 Å². The monoisotopic (exact) mass is 356 g/mol. The molecular formula is C20H24N2O4. The van der Waals surface area contributed by atoms with E-state index in [1.54, 1.807) is 12.1 Å². The number of rotatable bonds is 7. The van der Waals surface area contributed by atoms with Crippen molar-refractivity contribution in [2.45, 2.75) is 38.8 Å². The number of carbonyl (C=O) groups is 2. The first-order valence-electron chi connectivity index (χ1n) is 8.58. The Morgan fingerprint density at radius 2 is 1.54 bits per heavy atom. The molecule has 6 nitrogen and oxygen atoms in total. The van der Waals surface area contributed by atoms with E-state index in [9.17, 15) is 14.7 Å². The molecule has 2 amide bonds. The van der Waals surface area contributed by atoms with Gasteiger partial charge in [0.15, 0.2) is 0 Å². The van der Waals surface area contributed by atoms with E-state index >= 15 is 0 Å². The van der Waals surface area contributed by atoms with E-state index in [-0.39, 0.29) is 0 Å². The highest BCUT2D eigenvalue weighted by Gasteiger charge is 2.25. The van der Waals surface area contributed by atoms with E-state index in [0.717, 1.165) is 24.0 Å². The topological polar surface area (TPSA) is 98.7 Å². The third kappa shape index (κ3) is 4.91. The average Bonchev–Trinajstić information content (AvgIpc) is 2.66. The fraction of sp³-hybridized carbons (Fsp3) is 0.300. The van der Waals surface area contributed by atoms with E-state index in [1.165, 1.54) is 18.0 Å². The molecule has 0 heterocycles. The van der Waals surface area contributed by atoms with E-state index in [2.05, 4.69) is 36.5 Å². The van der Waals surface area contributed by atoms with Crippen LogP contribution in [-0.2, 0) is 11.2 Å². The number of amides is 2. The number of benzene rings is 2. The number of aliphatic hydroxyl groups excluding tert-OH is 1. The standard InChI is InChI=1S/C20H24N2O4/c1-3-4-14-5-7-15(8-6-14)16-9-11-17(12-10-16)19(24)21-18(13(2)23)20(25)22-26/h5-13,18,23,26H,3-4H2,1-2H3,(H,21,24)(H,22,25)/t13-,18+/m0/s1. The Bertz CT molecular complexity index is 739. The molecular weight excluding hydrogens is 332 g/mol. The second kappa shape index (κ2) is 9.12. The Kier molecular flexibility index (Phi) is 6.89. The Balaban J connectivity index is 2.10. The Hall–Kier alpha value is -2.70. The first-order valence-corrected chi connectivity index (χ1v) is 8.58. The van der Waals surface area contributed by atoms with Crippen molar-refractivity contribution >= 4 is 11.8 Å². The molecule has 0 unspecified atom stereocenters. The molecule has 2 atom stereocenters. The molecule has 6 heteroatoms. The van der Waals surface area contributed by atoms with Gasteiger partial charge in [0.1, 0.15) is 6.04 Å². The normalized spacial score (nSPS) is 12.9. The van der Waals surface area contributed by atoms with Crippen molar-refractivity contribution in [2.75, 3.05) is 0 Å². The van der Waals surface area contributed by atoms with Gasteiger partial charge in [0.2, 0.25) is 0 Å². The van der Waals surface area contributed by atoms with Gasteiger partial charge in [-0.15, -0.1) is 0 Å².